The standard InChI is InChI=1S/C16H27N3/c1-12-7-6-8-13(2)16(12)19-14(3)10-18(5)11-15(19)9-17-4/h6-8,14-15,17H,9-11H2,1-5H3. The van der Waals surface area contributed by atoms with Crippen LogP contribution in [0.4, 0.5) is 5.69 Å². The average Bonchev–Trinajstić information content (AvgIpc) is 2.32. The SMILES string of the molecule is CNCC1CN(C)CC(C)N1c1c(C)cccc1C. The Balaban J connectivity index is 2.38. The second kappa shape index (κ2) is 5.93. The Kier molecular flexibility index (Phi) is 4.48. The van der Waals surface area contributed by atoms with Gasteiger partial charge in [0, 0.05) is 31.4 Å². The van der Waals surface area contributed by atoms with Gasteiger partial charge in [-0.1, -0.05) is 18.2 Å². The Hall–Kier alpha value is -1.06. The molecule has 2 rings (SSSR count). The summed E-state index contributed by atoms with van der Waals surface area (Å²) in [5, 5.41) is 3.35. The van der Waals surface area contributed by atoms with E-state index in [1.54, 1.807) is 0 Å². The molecule has 1 aromatic carbocycles. The third-order valence-electron chi connectivity index (χ3n) is 4.10. The van der Waals surface area contributed by atoms with Gasteiger partial charge in [-0.2, -0.15) is 0 Å². The lowest BCUT2D eigenvalue weighted by molar-refractivity contribution is 0.230. The summed E-state index contributed by atoms with van der Waals surface area (Å²) in [4.78, 5) is 5.07. The van der Waals surface area contributed by atoms with Gasteiger partial charge in [-0.05, 0) is 46.0 Å². The van der Waals surface area contributed by atoms with Crippen molar-refractivity contribution in [2.24, 2.45) is 0 Å². The third kappa shape index (κ3) is 2.93. The van der Waals surface area contributed by atoms with E-state index in [2.05, 4.69) is 61.1 Å². The predicted molar refractivity (Wildman–Crippen MR) is 83.1 cm³/mol. The average molecular weight is 261 g/mol. The lowest BCUT2D eigenvalue weighted by atomic mass is 10.0. The molecule has 0 bridgehead atoms. The molecule has 2 unspecified atom stereocenters. The number of anilines is 1. The van der Waals surface area contributed by atoms with E-state index in [0.717, 1.165) is 19.6 Å². The van der Waals surface area contributed by atoms with Crippen molar-refractivity contribution in [3.8, 4) is 0 Å². The summed E-state index contributed by atoms with van der Waals surface area (Å²) in [6.07, 6.45) is 0. The molecule has 1 fully saturated rings. The van der Waals surface area contributed by atoms with E-state index in [-0.39, 0.29) is 0 Å². The van der Waals surface area contributed by atoms with Crippen LogP contribution in [0.15, 0.2) is 18.2 Å². The number of piperazine rings is 1. The molecule has 3 nitrogen and oxygen atoms in total. The van der Waals surface area contributed by atoms with E-state index in [1.807, 2.05) is 7.05 Å². The van der Waals surface area contributed by atoms with Crippen LogP contribution in [0.2, 0.25) is 0 Å². The highest BCUT2D eigenvalue weighted by atomic mass is 15.3. The number of rotatable bonds is 3. The first-order valence-corrected chi connectivity index (χ1v) is 7.22. The summed E-state index contributed by atoms with van der Waals surface area (Å²) in [5.74, 6) is 0. The Labute approximate surface area is 117 Å². The van der Waals surface area contributed by atoms with Crippen LogP contribution < -0.4 is 10.2 Å². The molecule has 0 saturated carbocycles. The second-order valence-corrected chi connectivity index (χ2v) is 5.93. The van der Waals surface area contributed by atoms with Gasteiger partial charge in [0.15, 0.2) is 0 Å². The van der Waals surface area contributed by atoms with Crippen LogP contribution >= 0.6 is 0 Å². The van der Waals surface area contributed by atoms with E-state index >= 15 is 0 Å². The minimum absolute atomic E-state index is 0.540. The lowest BCUT2D eigenvalue weighted by Crippen LogP contribution is -2.60. The second-order valence-electron chi connectivity index (χ2n) is 5.93. The predicted octanol–water partition coefficient (Wildman–Crippen LogP) is 2.03. The van der Waals surface area contributed by atoms with Gasteiger partial charge in [0.05, 0.1) is 6.04 Å². The molecule has 0 aliphatic carbocycles. The molecule has 1 aliphatic rings. The van der Waals surface area contributed by atoms with Crippen LogP contribution in [0.5, 0.6) is 0 Å². The molecule has 1 heterocycles. The number of likely N-dealkylation sites (N-methyl/N-ethyl adjacent to an activating group) is 2. The third-order valence-corrected chi connectivity index (χ3v) is 4.10. The summed E-state index contributed by atoms with van der Waals surface area (Å²) in [7, 11) is 4.27. The van der Waals surface area contributed by atoms with E-state index in [0.29, 0.717) is 12.1 Å². The fraction of sp³-hybridized carbons (Fsp3) is 0.625. The van der Waals surface area contributed by atoms with E-state index in [1.165, 1.54) is 16.8 Å². The molecule has 3 heteroatoms. The molecule has 1 aliphatic heterocycles. The van der Waals surface area contributed by atoms with Gasteiger partial charge in [0.25, 0.3) is 0 Å². The van der Waals surface area contributed by atoms with Crippen molar-refractivity contribution in [1.82, 2.24) is 10.2 Å². The molecule has 0 radical (unpaired) electrons. The number of benzene rings is 1. The minimum atomic E-state index is 0.540. The summed E-state index contributed by atoms with van der Waals surface area (Å²) < 4.78 is 0. The molecule has 0 aromatic heterocycles. The van der Waals surface area contributed by atoms with Crippen LogP contribution in [-0.4, -0.2) is 50.7 Å². The van der Waals surface area contributed by atoms with Gasteiger partial charge < -0.3 is 15.1 Å². The van der Waals surface area contributed by atoms with Crippen LogP contribution in [-0.2, 0) is 0 Å². The Bertz CT molecular complexity index is 410. The first-order valence-electron chi connectivity index (χ1n) is 7.22. The van der Waals surface area contributed by atoms with Crippen molar-refractivity contribution in [2.45, 2.75) is 32.9 Å². The molecule has 1 N–H and O–H groups in total. The fourth-order valence-electron chi connectivity index (χ4n) is 3.44. The number of aryl methyl sites for hydroxylation is 2. The van der Waals surface area contributed by atoms with Gasteiger partial charge in [0.1, 0.15) is 0 Å². The summed E-state index contributed by atoms with van der Waals surface area (Å²) >= 11 is 0. The zero-order valence-corrected chi connectivity index (χ0v) is 12.9. The number of nitrogens with one attached hydrogen (secondary N) is 1. The zero-order chi connectivity index (χ0) is 14.0. The van der Waals surface area contributed by atoms with Gasteiger partial charge in [-0.15, -0.1) is 0 Å². The van der Waals surface area contributed by atoms with Gasteiger partial charge in [0.2, 0.25) is 0 Å². The van der Waals surface area contributed by atoms with Crippen LogP contribution in [0, 0.1) is 13.8 Å². The molecular formula is C16H27N3. The number of hydrogen-bond acceptors (Lipinski definition) is 3. The molecule has 2 atom stereocenters. The highest BCUT2D eigenvalue weighted by Crippen LogP contribution is 2.30. The molecule has 106 valence electrons. The number of nitrogens with zero attached hydrogens (tertiary/aromatic N) is 2. The van der Waals surface area contributed by atoms with Gasteiger partial charge in [-0.3, -0.25) is 0 Å². The highest BCUT2D eigenvalue weighted by molar-refractivity contribution is 5.60. The molecule has 19 heavy (non-hydrogen) atoms. The maximum Gasteiger partial charge on any atom is 0.0545 e. The summed E-state index contributed by atoms with van der Waals surface area (Å²) in [5.41, 5.74) is 4.21. The van der Waals surface area contributed by atoms with Crippen molar-refractivity contribution >= 4 is 5.69 Å². The van der Waals surface area contributed by atoms with E-state index in [4.69, 9.17) is 0 Å². The normalized spacial score (nSPS) is 24.8. The Morgan fingerprint density at radius 3 is 2.42 bits per heavy atom. The molecule has 0 spiro atoms. The van der Waals surface area contributed by atoms with Gasteiger partial charge >= 0.3 is 0 Å². The topological polar surface area (TPSA) is 18.5 Å². The van der Waals surface area contributed by atoms with Crippen LogP contribution in [0.3, 0.4) is 0 Å². The number of para-hydroxylation sites is 1. The number of hydrogen-bond donors (Lipinski definition) is 1. The van der Waals surface area contributed by atoms with Crippen molar-refractivity contribution in [2.75, 3.05) is 38.6 Å². The summed E-state index contributed by atoms with van der Waals surface area (Å²) in [6, 6.07) is 7.70. The quantitative estimate of drug-likeness (QED) is 0.898. The van der Waals surface area contributed by atoms with Crippen molar-refractivity contribution in [3.05, 3.63) is 29.3 Å². The van der Waals surface area contributed by atoms with Crippen molar-refractivity contribution in [1.29, 1.82) is 0 Å². The first kappa shape index (κ1) is 14.4. The van der Waals surface area contributed by atoms with Crippen molar-refractivity contribution < 1.29 is 0 Å². The van der Waals surface area contributed by atoms with E-state index < -0.39 is 0 Å². The minimum Gasteiger partial charge on any atom is -0.362 e. The largest absolute Gasteiger partial charge is 0.362 e. The summed E-state index contributed by atoms with van der Waals surface area (Å²) in [6.45, 7) is 10.1. The smallest absolute Gasteiger partial charge is 0.0545 e. The maximum atomic E-state index is 3.35. The van der Waals surface area contributed by atoms with Gasteiger partial charge in [-0.25, -0.2) is 0 Å². The Morgan fingerprint density at radius 2 is 1.84 bits per heavy atom. The molecular weight excluding hydrogens is 234 g/mol. The van der Waals surface area contributed by atoms with E-state index in [9.17, 15) is 0 Å². The van der Waals surface area contributed by atoms with Crippen LogP contribution in [0.25, 0.3) is 0 Å². The maximum absolute atomic E-state index is 3.35. The molecule has 0 amide bonds. The molecule has 1 saturated heterocycles. The zero-order valence-electron chi connectivity index (χ0n) is 12.9. The first-order chi connectivity index (χ1) is 9.04. The Morgan fingerprint density at radius 1 is 1.21 bits per heavy atom. The highest BCUT2D eigenvalue weighted by Gasteiger charge is 2.31. The van der Waals surface area contributed by atoms with Crippen molar-refractivity contribution in [3.63, 3.8) is 0 Å². The fourth-order valence-corrected chi connectivity index (χ4v) is 3.44. The molecule has 1 aromatic rings. The van der Waals surface area contributed by atoms with Crippen LogP contribution in [0.1, 0.15) is 18.1 Å². The monoisotopic (exact) mass is 261 g/mol. The lowest BCUT2D eigenvalue weighted by Gasteiger charge is -2.47.